The molecule has 0 saturated carbocycles. The van der Waals surface area contributed by atoms with E-state index in [2.05, 4.69) is 20.4 Å². The predicted octanol–water partition coefficient (Wildman–Crippen LogP) is 0.307. The van der Waals surface area contributed by atoms with Gasteiger partial charge < -0.3 is 5.73 Å². The van der Waals surface area contributed by atoms with Gasteiger partial charge in [-0.25, -0.2) is 0 Å². The molecule has 1 aromatic carbocycles. The highest BCUT2D eigenvalue weighted by molar-refractivity contribution is 5.51. The first kappa shape index (κ1) is 10.6. The average Bonchev–Trinajstić information content (AvgIpc) is 3.10. The molecule has 90 valence electrons. The average molecular weight is 241 g/mol. The van der Waals surface area contributed by atoms with Gasteiger partial charge in [-0.15, -0.1) is 0 Å². The zero-order valence-electron chi connectivity index (χ0n) is 9.51. The fourth-order valence-electron chi connectivity index (χ4n) is 1.83. The van der Waals surface area contributed by atoms with E-state index in [1.54, 1.807) is 24.8 Å². The van der Waals surface area contributed by atoms with Gasteiger partial charge in [0.1, 0.15) is 0 Å². The summed E-state index contributed by atoms with van der Waals surface area (Å²) in [4.78, 5) is 3.07. The van der Waals surface area contributed by atoms with E-state index >= 15 is 0 Å². The fraction of sp³-hybridized carbons (Fsp3) is 0.0909. The summed E-state index contributed by atoms with van der Waals surface area (Å²) >= 11 is 0. The van der Waals surface area contributed by atoms with Crippen LogP contribution in [0.4, 0.5) is 0 Å². The molecule has 2 heterocycles. The molecular weight excluding hydrogens is 230 g/mol. The molecule has 7 heteroatoms. The van der Waals surface area contributed by atoms with Gasteiger partial charge in [-0.1, -0.05) is 6.07 Å². The highest BCUT2D eigenvalue weighted by atomic mass is 15.5. The summed E-state index contributed by atoms with van der Waals surface area (Å²) in [6.45, 7) is 0.356. The van der Waals surface area contributed by atoms with E-state index in [0.29, 0.717) is 6.54 Å². The molecule has 3 rings (SSSR count). The Morgan fingerprint density at radius 2 is 1.28 bits per heavy atom. The molecule has 2 N–H and O–H groups in total. The van der Waals surface area contributed by atoms with Gasteiger partial charge in [0.15, 0.2) is 0 Å². The standard InChI is InChI=1S/C11H11N7/c12-8-9-10(17-13-4-5-14-17)2-1-3-11(9)18-15-6-7-16-18/h1-7H,8,12H2. The van der Waals surface area contributed by atoms with E-state index < -0.39 is 0 Å². The summed E-state index contributed by atoms with van der Waals surface area (Å²) < 4.78 is 0. The predicted molar refractivity (Wildman–Crippen MR) is 64.2 cm³/mol. The largest absolute Gasteiger partial charge is 0.326 e. The lowest BCUT2D eigenvalue weighted by molar-refractivity contribution is 0.715. The minimum Gasteiger partial charge on any atom is -0.326 e. The van der Waals surface area contributed by atoms with Crippen LogP contribution >= 0.6 is 0 Å². The molecule has 0 spiro atoms. The SMILES string of the molecule is NCc1c(-n2nccn2)cccc1-n1nccn1. The molecule has 0 aliphatic rings. The first-order chi connectivity index (χ1) is 8.90. The zero-order valence-corrected chi connectivity index (χ0v) is 9.51. The molecule has 0 aliphatic carbocycles. The smallest absolute Gasteiger partial charge is 0.0923 e. The maximum absolute atomic E-state index is 5.83. The fourth-order valence-corrected chi connectivity index (χ4v) is 1.83. The number of rotatable bonds is 3. The number of nitrogens with zero attached hydrogens (tertiary/aromatic N) is 6. The van der Waals surface area contributed by atoms with Crippen molar-refractivity contribution in [2.75, 3.05) is 0 Å². The first-order valence-electron chi connectivity index (χ1n) is 5.45. The first-order valence-corrected chi connectivity index (χ1v) is 5.45. The topological polar surface area (TPSA) is 87.4 Å². The summed E-state index contributed by atoms with van der Waals surface area (Å²) in [6.07, 6.45) is 6.50. The van der Waals surface area contributed by atoms with E-state index in [1.165, 1.54) is 9.59 Å². The molecule has 3 aromatic rings. The number of hydrogen-bond acceptors (Lipinski definition) is 5. The van der Waals surface area contributed by atoms with Crippen LogP contribution in [0.5, 0.6) is 0 Å². The Kier molecular flexibility index (Phi) is 2.58. The van der Waals surface area contributed by atoms with Crippen molar-refractivity contribution >= 4 is 0 Å². The van der Waals surface area contributed by atoms with Crippen LogP contribution in [0.3, 0.4) is 0 Å². The summed E-state index contributed by atoms with van der Waals surface area (Å²) in [6, 6.07) is 5.72. The van der Waals surface area contributed by atoms with Crippen molar-refractivity contribution < 1.29 is 0 Å². The number of benzene rings is 1. The lowest BCUT2D eigenvalue weighted by atomic mass is 10.1. The molecule has 2 aromatic heterocycles. The second-order valence-electron chi connectivity index (χ2n) is 3.62. The second kappa shape index (κ2) is 4.38. The van der Waals surface area contributed by atoms with Crippen LogP contribution in [0.25, 0.3) is 11.4 Å². The number of nitrogens with two attached hydrogens (primary N) is 1. The van der Waals surface area contributed by atoms with Gasteiger partial charge in [0.05, 0.1) is 36.2 Å². The molecule has 0 amide bonds. The Hall–Kier alpha value is -2.54. The Balaban J connectivity index is 2.20. The van der Waals surface area contributed by atoms with Crippen molar-refractivity contribution in [2.45, 2.75) is 6.54 Å². The van der Waals surface area contributed by atoms with Crippen molar-refractivity contribution in [3.05, 3.63) is 48.5 Å². The van der Waals surface area contributed by atoms with Crippen LogP contribution in [0.1, 0.15) is 5.56 Å². The number of aromatic nitrogens is 6. The maximum Gasteiger partial charge on any atom is 0.0923 e. The summed E-state index contributed by atoms with van der Waals surface area (Å²) in [5.41, 5.74) is 8.38. The maximum atomic E-state index is 5.83. The van der Waals surface area contributed by atoms with Crippen molar-refractivity contribution in [1.29, 1.82) is 0 Å². The summed E-state index contributed by atoms with van der Waals surface area (Å²) in [7, 11) is 0. The van der Waals surface area contributed by atoms with Crippen LogP contribution in [0, 0.1) is 0 Å². The van der Waals surface area contributed by atoms with E-state index in [1.807, 2.05) is 18.2 Å². The highest BCUT2D eigenvalue weighted by Crippen LogP contribution is 2.19. The van der Waals surface area contributed by atoms with E-state index in [0.717, 1.165) is 16.9 Å². The van der Waals surface area contributed by atoms with Crippen LogP contribution in [-0.4, -0.2) is 30.0 Å². The molecule has 0 bridgehead atoms. The Morgan fingerprint density at radius 1 is 0.833 bits per heavy atom. The van der Waals surface area contributed by atoms with E-state index in [9.17, 15) is 0 Å². The van der Waals surface area contributed by atoms with Gasteiger partial charge in [-0.2, -0.15) is 30.0 Å². The van der Waals surface area contributed by atoms with Gasteiger partial charge >= 0.3 is 0 Å². The third-order valence-corrected chi connectivity index (χ3v) is 2.60. The molecule has 0 saturated heterocycles. The van der Waals surface area contributed by atoms with Crippen LogP contribution < -0.4 is 5.73 Å². The third kappa shape index (κ3) is 1.66. The summed E-state index contributed by atoms with van der Waals surface area (Å²) in [5, 5.41) is 16.5. The minimum atomic E-state index is 0.356. The van der Waals surface area contributed by atoms with E-state index in [4.69, 9.17) is 5.73 Å². The van der Waals surface area contributed by atoms with Gasteiger partial charge in [0, 0.05) is 12.1 Å². The molecule has 0 radical (unpaired) electrons. The Bertz CT molecular complexity index is 575. The lowest BCUT2D eigenvalue weighted by Crippen LogP contribution is -2.12. The normalized spacial score (nSPS) is 10.7. The van der Waals surface area contributed by atoms with E-state index in [-0.39, 0.29) is 0 Å². The third-order valence-electron chi connectivity index (χ3n) is 2.60. The lowest BCUT2D eigenvalue weighted by Gasteiger charge is -2.11. The molecular formula is C11H11N7. The molecule has 0 atom stereocenters. The second-order valence-corrected chi connectivity index (χ2v) is 3.62. The van der Waals surface area contributed by atoms with Crippen LogP contribution in [0.2, 0.25) is 0 Å². The molecule has 0 aliphatic heterocycles. The molecule has 7 nitrogen and oxygen atoms in total. The Morgan fingerprint density at radius 3 is 1.67 bits per heavy atom. The van der Waals surface area contributed by atoms with Gasteiger partial charge in [0.2, 0.25) is 0 Å². The van der Waals surface area contributed by atoms with Gasteiger partial charge in [-0.05, 0) is 12.1 Å². The van der Waals surface area contributed by atoms with Gasteiger partial charge in [-0.3, -0.25) is 0 Å². The summed E-state index contributed by atoms with van der Waals surface area (Å²) in [5.74, 6) is 0. The van der Waals surface area contributed by atoms with Gasteiger partial charge in [0.25, 0.3) is 0 Å². The Labute approximate surface area is 103 Å². The quantitative estimate of drug-likeness (QED) is 0.712. The molecule has 18 heavy (non-hydrogen) atoms. The highest BCUT2D eigenvalue weighted by Gasteiger charge is 2.11. The monoisotopic (exact) mass is 241 g/mol. The van der Waals surface area contributed by atoms with Crippen molar-refractivity contribution in [3.63, 3.8) is 0 Å². The van der Waals surface area contributed by atoms with Crippen LogP contribution in [-0.2, 0) is 6.54 Å². The zero-order chi connectivity index (χ0) is 12.4. The minimum absolute atomic E-state index is 0.356. The van der Waals surface area contributed by atoms with Crippen LogP contribution in [0.15, 0.2) is 43.0 Å². The van der Waals surface area contributed by atoms with Crippen molar-refractivity contribution in [2.24, 2.45) is 5.73 Å². The van der Waals surface area contributed by atoms with Crippen molar-refractivity contribution in [3.8, 4) is 11.4 Å². The molecule has 0 fully saturated rings. The number of hydrogen-bond donors (Lipinski definition) is 1. The van der Waals surface area contributed by atoms with Crippen molar-refractivity contribution in [1.82, 2.24) is 30.0 Å². The molecule has 0 unspecified atom stereocenters.